The maximum absolute atomic E-state index is 12.1. The number of nitro groups is 1. The fraction of sp³-hybridized carbons (Fsp3) is 0.250. The minimum absolute atomic E-state index is 0.0936. The van der Waals surface area contributed by atoms with Crippen LogP contribution >= 0.6 is 11.3 Å². The van der Waals surface area contributed by atoms with E-state index in [1.807, 2.05) is 31.2 Å². The number of amides is 1. The highest BCUT2D eigenvalue weighted by molar-refractivity contribution is 7.17. The molecule has 0 spiro atoms. The first kappa shape index (κ1) is 17.6. The van der Waals surface area contributed by atoms with E-state index in [-0.39, 0.29) is 15.8 Å². The Morgan fingerprint density at radius 2 is 1.96 bits per heavy atom. The minimum atomic E-state index is -0.745. The van der Waals surface area contributed by atoms with Crippen LogP contribution in [0.4, 0.5) is 5.00 Å². The fourth-order valence-corrected chi connectivity index (χ4v) is 2.69. The van der Waals surface area contributed by atoms with Crippen molar-refractivity contribution < 1.29 is 19.2 Å². The summed E-state index contributed by atoms with van der Waals surface area (Å²) >= 11 is 0.715. The lowest BCUT2D eigenvalue weighted by Crippen LogP contribution is -2.31. The monoisotopic (exact) mass is 348 g/mol. The highest BCUT2D eigenvalue weighted by Crippen LogP contribution is 2.24. The zero-order valence-electron chi connectivity index (χ0n) is 13.2. The summed E-state index contributed by atoms with van der Waals surface area (Å²) in [5.41, 5.74) is 2.08. The normalized spacial score (nSPS) is 10.2. The molecule has 0 bridgehead atoms. The van der Waals surface area contributed by atoms with Gasteiger partial charge in [-0.2, -0.15) is 0 Å². The van der Waals surface area contributed by atoms with E-state index in [2.05, 4.69) is 0 Å². The van der Waals surface area contributed by atoms with Gasteiger partial charge in [-0.1, -0.05) is 35.6 Å². The van der Waals surface area contributed by atoms with Crippen molar-refractivity contribution in [1.82, 2.24) is 4.90 Å². The summed E-state index contributed by atoms with van der Waals surface area (Å²) < 4.78 is 4.93. The molecule has 0 aliphatic rings. The smallest absolute Gasteiger partial charge is 0.349 e. The number of nitrogens with zero attached hydrogens (tertiary/aromatic N) is 2. The topological polar surface area (TPSA) is 89.8 Å². The molecule has 2 rings (SSSR count). The third-order valence-corrected chi connectivity index (χ3v) is 4.41. The SMILES string of the molecule is Cc1ccccc1CN(C)C(=O)COC(=O)c1ccc([N+](=O)[O-])s1. The van der Waals surface area contributed by atoms with Crippen LogP contribution in [0, 0.1) is 17.0 Å². The molecule has 2 aromatic rings. The molecule has 7 nitrogen and oxygen atoms in total. The van der Waals surface area contributed by atoms with Crippen LogP contribution in [0.25, 0.3) is 0 Å². The minimum Gasteiger partial charge on any atom is -0.451 e. The Labute approximate surface area is 142 Å². The molecule has 0 fully saturated rings. The molecule has 1 amide bonds. The van der Waals surface area contributed by atoms with Crippen LogP contribution in [0.3, 0.4) is 0 Å². The van der Waals surface area contributed by atoms with Gasteiger partial charge in [-0.25, -0.2) is 4.79 Å². The van der Waals surface area contributed by atoms with Gasteiger partial charge >= 0.3 is 11.0 Å². The van der Waals surface area contributed by atoms with Gasteiger partial charge in [-0.3, -0.25) is 14.9 Å². The number of hydrogen-bond donors (Lipinski definition) is 0. The molecule has 8 heteroatoms. The van der Waals surface area contributed by atoms with Crippen LogP contribution in [0.1, 0.15) is 20.8 Å². The highest BCUT2D eigenvalue weighted by atomic mass is 32.1. The Kier molecular flexibility index (Phi) is 5.64. The number of thiophene rings is 1. The maximum atomic E-state index is 12.1. The molecule has 0 radical (unpaired) electrons. The number of carbonyl (C=O) groups excluding carboxylic acids is 2. The van der Waals surface area contributed by atoms with Gasteiger partial charge in [0.05, 0.1) is 4.92 Å². The van der Waals surface area contributed by atoms with Crippen LogP contribution in [-0.2, 0) is 16.1 Å². The summed E-state index contributed by atoms with van der Waals surface area (Å²) in [4.78, 5) is 35.4. The van der Waals surface area contributed by atoms with Crippen LogP contribution in [-0.4, -0.2) is 35.4 Å². The average Bonchev–Trinajstić information content (AvgIpc) is 3.04. The molecule has 0 saturated heterocycles. The summed E-state index contributed by atoms with van der Waals surface area (Å²) in [6.45, 7) is 1.96. The first-order chi connectivity index (χ1) is 11.4. The quantitative estimate of drug-likeness (QED) is 0.455. The van der Waals surface area contributed by atoms with Gasteiger partial charge in [-0.05, 0) is 24.1 Å². The van der Waals surface area contributed by atoms with E-state index in [0.29, 0.717) is 17.9 Å². The second kappa shape index (κ2) is 7.69. The first-order valence-electron chi connectivity index (χ1n) is 7.08. The Hall–Kier alpha value is -2.74. The van der Waals surface area contributed by atoms with Gasteiger partial charge in [0.15, 0.2) is 6.61 Å². The molecule has 1 aromatic carbocycles. The molecule has 126 valence electrons. The lowest BCUT2D eigenvalue weighted by Gasteiger charge is -2.18. The van der Waals surface area contributed by atoms with E-state index >= 15 is 0 Å². The Morgan fingerprint density at radius 1 is 1.25 bits per heavy atom. The van der Waals surface area contributed by atoms with Crippen LogP contribution in [0.2, 0.25) is 0 Å². The molecule has 0 aliphatic heterocycles. The van der Waals surface area contributed by atoms with Gasteiger partial charge in [0.25, 0.3) is 5.91 Å². The largest absolute Gasteiger partial charge is 0.451 e. The lowest BCUT2D eigenvalue weighted by molar-refractivity contribution is -0.380. The molecular weight excluding hydrogens is 332 g/mol. The van der Waals surface area contributed by atoms with Crippen LogP contribution in [0.15, 0.2) is 36.4 Å². The first-order valence-corrected chi connectivity index (χ1v) is 7.90. The number of rotatable bonds is 6. The van der Waals surface area contributed by atoms with Crippen molar-refractivity contribution in [3.8, 4) is 0 Å². The van der Waals surface area contributed by atoms with Crippen molar-refractivity contribution in [1.29, 1.82) is 0 Å². The molecule has 1 aromatic heterocycles. The number of hydrogen-bond acceptors (Lipinski definition) is 6. The molecule has 0 aliphatic carbocycles. The van der Waals surface area contributed by atoms with Gasteiger partial charge in [0.1, 0.15) is 4.88 Å². The van der Waals surface area contributed by atoms with Crippen LogP contribution < -0.4 is 0 Å². The number of benzene rings is 1. The summed E-state index contributed by atoms with van der Waals surface area (Å²) in [5.74, 6) is -1.09. The molecule has 0 saturated carbocycles. The maximum Gasteiger partial charge on any atom is 0.349 e. The summed E-state index contributed by atoms with van der Waals surface area (Å²) in [5, 5.41) is 10.4. The zero-order valence-corrected chi connectivity index (χ0v) is 14.0. The van der Waals surface area contributed by atoms with Gasteiger partial charge in [0.2, 0.25) is 0 Å². The van der Waals surface area contributed by atoms with E-state index in [0.717, 1.165) is 11.1 Å². The molecule has 0 atom stereocenters. The molecule has 0 unspecified atom stereocenters. The van der Waals surface area contributed by atoms with E-state index in [1.165, 1.54) is 17.0 Å². The summed E-state index contributed by atoms with van der Waals surface area (Å²) in [6.07, 6.45) is 0. The molecular formula is C16H16N2O5S. The number of carbonyl (C=O) groups is 2. The van der Waals surface area contributed by atoms with Crippen molar-refractivity contribution in [3.05, 3.63) is 62.5 Å². The standard InChI is InChI=1S/C16H16N2O5S/c1-11-5-3-4-6-12(11)9-17(2)14(19)10-23-16(20)13-7-8-15(24-13)18(21)22/h3-8H,9-10H2,1-2H3. The van der Waals surface area contributed by atoms with Gasteiger partial charge in [0, 0.05) is 19.7 Å². The Balaban J connectivity index is 1.88. The number of likely N-dealkylation sites (N-methyl/N-ethyl adjacent to an activating group) is 1. The third-order valence-electron chi connectivity index (χ3n) is 3.39. The number of ether oxygens (including phenoxy) is 1. The fourth-order valence-electron chi connectivity index (χ4n) is 1.98. The Bertz CT molecular complexity index is 771. The lowest BCUT2D eigenvalue weighted by atomic mass is 10.1. The van der Waals surface area contributed by atoms with Crippen molar-refractivity contribution in [3.63, 3.8) is 0 Å². The van der Waals surface area contributed by atoms with Crippen molar-refractivity contribution in [2.45, 2.75) is 13.5 Å². The summed E-state index contributed by atoms with van der Waals surface area (Å²) in [6, 6.07) is 10.2. The van der Waals surface area contributed by atoms with Crippen molar-refractivity contribution >= 4 is 28.2 Å². The third kappa shape index (κ3) is 4.39. The predicted octanol–water partition coefficient (Wildman–Crippen LogP) is 2.78. The van der Waals surface area contributed by atoms with E-state index in [9.17, 15) is 19.7 Å². The predicted molar refractivity (Wildman–Crippen MR) is 88.9 cm³/mol. The zero-order chi connectivity index (χ0) is 17.7. The number of aryl methyl sites for hydroxylation is 1. The average molecular weight is 348 g/mol. The Morgan fingerprint density at radius 3 is 2.58 bits per heavy atom. The van der Waals surface area contributed by atoms with E-state index < -0.39 is 17.5 Å². The number of esters is 1. The molecule has 24 heavy (non-hydrogen) atoms. The van der Waals surface area contributed by atoms with Crippen molar-refractivity contribution in [2.75, 3.05) is 13.7 Å². The second-order valence-electron chi connectivity index (χ2n) is 5.15. The van der Waals surface area contributed by atoms with Crippen molar-refractivity contribution in [2.24, 2.45) is 0 Å². The van der Waals surface area contributed by atoms with Gasteiger partial charge < -0.3 is 9.64 Å². The highest BCUT2D eigenvalue weighted by Gasteiger charge is 2.18. The van der Waals surface area contributed by atoms with Gasteiger partial charge in [-0.15, -0.1) is 0 Å². The second-order valence-corrected chi connectivity index (χ2v) is 6.21. The summed E-state index contributed by atoms with van der Waals surface area (Å²) in [7, 11) is 1.62. The van der Waals surface area contributed by atoms with E-state index in [4.69, 9.17) is 4.74 Å². The molecule has 1 heterocycles. The van der Waals surface area contributed by atoms with E-state index in [1.54, 1.807) is 7.05 Å². The van der Waals surface area contributed by atoms with Crippen LogP contribution in [0.5, 0.6) is 0 Å². The molecule has 0 N–H and O–H groups in total.